The van der Waals surface area contributed by atoms with Crippen LogP contribution in [0.5, 0.6) is 0 Å². The van der Waals surface area contributed by atoms with Crippen LogP contribution < -0.4 is 0 Å². The highest BCUT2D eigenvalue weighted by atomic mass is 32.1. The van der Waals surface area contributed by atoms with Crippen molar-refractivity contribution in [3.8, 4) is 0 Å². The van der Waals surface area contributed by atoms with Gasteiger partial charge in [-0.05, 0) is 33.2 Å². The van der Waals surface area contributed by atoms with Crippen molar-refractivity contribution < 1.29 is 18.3 Å². The Morgan fingerprint density at radius 3 is 2.68 bits per heavy atom. The number of aliphatic hydroxyl groups is 1. The number of aromatic nitrogens is 1. The van der Waals surface area contributed by atoms with E-state index >= 15 is 0 Å². The fraction of sp³-hybridized carbons (Fsp3) is 0.750. The Hall–Kier alpha value is -0.660. The summed E-state index contributed by atoms with van der Waals surface area (Å²) in [5.41, 5.74) is 0.923. The van der Waals surface area contributed by atoms with Crippen molar-refractivity contribution in [1.29, 1.82) is 0 Å². The molecule has 1 aliphatic rings. The first kappa shape index (κ1) is 14.7. The molecule has 0 radical (unpaired) electrons. The van der Waals surface area contributed by atoms with Crippen LogP contribution in [0.1, 0.15) is 28.4 Å². The van der Waals surface area contributed by atoms with Gasteiger partial charge in [-0.25, -0.2) is 4.98 Å². The lowest BCUT2D eigenvalue weighted by Crippen LogP contribution is -2.46. The van der Waals surface area contributed by atoms with Crippen molar-refractivity contribution in [2.45, 2.75) is 51.6 Å². The molecule has 0 spiro atoms. The molecule has 1 N–H and O–H groups in total. The van der Waals surface area contributed by atoms with Crippen molar-refractivity contribution >= 4 is 11.3 Å². The predicted molar refractivity (Wildman–Crippen MR) is 67.1 cm³/mol. The van der Waals surface area contributed by atoms with Crippen molar-refractivity contribution in [2.24, 2.45) is 0 Å². The van der Waals surface area contributed by atoms with Gasteiger partial charge in [0.1, 0.15) is 5.01 Å². The summed E-state index contributed by atoms with van der Waals surface area (Å²) in [5.74, 6) is 0. The molecule has 1 aliphatic heterocycles. The number of halogens is 3. The summed E-state index contributed by atoms with van der Waals surface area (Å²) in [6, 6.07) is -0.843. The second-order valence-electron chi connectivity index (χ2n) is 4.92. The zero-order valence-electron chi connectivity index (χ0n) is 10.9. The zero-order valence-corrected chi connectivity index (χ0v) is 11.7. The van der Waals surface area contributed by atoms with Gasteiger partial charge in [0.05, 0.1) is 12.2 Å². The first-order valence-corrected chi connectivity index (χ1v) is 7.02. The third kappa shape index (κ3) is 3.27. The summed E-state index contributed by atoms with van der Waals surface area (Å²) < 4.78 is 37.8. The van der Waals surface area contributed by atoms with Gasteiger partial charge in [0.25, 0.3) is 0 Å². The number of hydrogen-bond acceptors (Lipinski definition) is 4. The third-order valence-corrected chi connectivity index (χ3v) is 4.58. The lowest BCUT2D eigenvalue weighted by Gasteiger charge is -2.29. The maximum atomic E-state index is 12.6. The van der Waals surface area contributed by atoms with Crippen LogP contribution in [0.2, 0.25) is 0 Å². The molecule has 7 heteroatoms. The first-order chi connectivity index (χ1) is 8.79. The van der Waals surface area contributed by atoms with E-state index in [1.807, 2.05) is 13.8 Å². The fourth-order valence-electron chi connectivity index (χ4n) is 2.40. The monoisotopic (exact) mass is 294 g/mol. The van der Waals surface area contributed by atoms with Gasteiger partial charge in [0.2, 0.25) is 0 Å². The molecule has 0 saturated carbocycles. The largest absolute Gasteiger partial charge is 0.415 e. The number of thiazole rings is 1. The molecule has 0 aromatic carbocycles. The Bertz CT molecular complexity index is 427. The molecule has 2 rings (SSSR count). The number of aryl methyl sites for hydroxylation is 2. The molecule has 1 saturated heterocycles. The molecule has 1 aromatic rings. The van der Waals surface area contributed by atoms with E-state index in [2.05, 4.69) is 4.98 Å². The highest BCUT2D eigenvalue weighted by Gasteiger charge is 2.47. The van der Waals surface area contributed by atoms with Gasteiger partial charge in [-0.15, -0.1) is 11.3 Å². The molecular formula is C12H17F3N2OS. The van der Waals surface area contributed by atoms with Crippen LogP contribution in [0.15, 0.2) is 0 Å². The number of likely N-dealkylation sites (tertiary alicyclic amines) is 1. The molecule has 1 aromatic heterocycles. The molecule has 19 heavy (non-hydrogen) atoms. The molecule has 0 unspecified atom stereocenters. The van der Waals surface area contributed by atoms with E-state index in [0.717, 1.165) is 15.6 Å². The van der Waals surface area contributed by atoms with Gasteiger partial charge >= 0.3 is 6.18 Å². The van der Waals surface area contributed by atoms with Crippen molar-refractivity contribution in [3.63, 3.8) is 0 Å². The normalized spacial score (nSPS) is 22.9. The fourth-order valence-corrected chi connectivity index (χ4v) is 3.36. The van der Waals surface area contributed by atoms with Gasteiger partial charge in [-0.2, -0.15) is 13.2 Å². The standard InChI is InChI=1S/C12H17F3N2OS/c1-7-8(2)19-10(16-7)6-17-5-3-4-9(17)11(18)12(13,14)15/h9,11,18H,3-6H2,1-2H3/t9-,11-/m1/s1. The summed E-state index contributed by atoms with van der Waals surface area (Å²) in [5, 5.41) is 10.2. The Morgan fingerprint density at radius 1 is 1.47 bits per heavy atom. The number of aliphatic hydroxyl groups excluding tert-OH is 1. The van der Waals surface area contributed by atoms with Gasteiger partial charge < -0.3 is 5.11 Å². The van der Waals surface area contributed by atoms with E-state index in [4.69, 9.17) is 0 Å². The molecule has 0 bridgehead atoms. The van der Waals surface area contributed by atoms with Crippen LogP contribution in [0.4, 0.5) is 13.2 Å². The first-order valence-electron chi connectivity index (χ1n) is 6.21. The van der Waals surface area contributed by atoms with E-state index in [1.165, 1.54) is 11.3 Å². The Balaban J connectivity index is 2.07. The van der Waals surface area contributed by atoms with Crippen molar-refractivity contribution in [3.05, 3.63) is 15.6 Å². The lowest BCUT2D eigenvalue weighted by atomic mass is 10.1. The Kier molecular flexibility index (Phi) is 4.17. The Morgan fingerprint density at radius 2 is 2.16 bits per heavy atom. The maximum absolute atomic E-state index is 12.6. The van der Waals surface area contributed by atoms with Gasteiger partial charge in [0, 0.05) is 10.9 Å². The minimum absolute atomic E-state index is 0.379. The topological polar surface area (TPSA) is 36.4 Å². The highest BCUT2D eigenvalue weighted by molar-refractivity contribution is 7.11. The second-order valence-corrected chi connectivity index (χ2v) is 6.20. The lowest BCUT2D eigenvalue weighted by molar-refractivity contribution is -0.219. The molecular weight excluding hydrogens is 277 g/mol. The van der Waals surface area contributed by atoms with Crippen molar-refractivity contribution in [2.75, 3.05) is 6.54 Å². The van der Waals surface area contributed by atoms with E-state index in [1.54, 1.807) is 4.90 Å². The molecule has 1 fully saturated rings. The average Bonchev–Trinajstić information content (AvgIpc) is 2.85. The number of hydrogen-bond donors (Lipinski definition) is 1. The van der Waals surface area contributed by atoms with Gasteiger partial charge in [-0.1, -0.05) is 0 Å². The minimum atomic E-state index is -4.55. The maximum Gasteiger partial charge on any atom is 0.415 e. The van der Waals surface area contributed by atoms with Crippen LogP contribution in [0, 0.1) is 13.8 Å². The van der Waals surface area contributed by atoms with E-state index in [0.29, 0.717) is 25.9 Å². The van der Waals surface area contributed by atoms with Gasteiger partial charge in [0.15, 0.2) is 6.10 Å². The molecule has 108 valence electrons. The van der Waals surface area contributed by atoms with E-state index < -0.39 is 18.3 Å². The average molecular weight is 294 g/mol. The summed E-state index contributed by atoms with van der Waals surface area (Å²) in [6.07, 6.45) is -5.76. The summed E-state index contributed by atoms with van der Waals surface area (Å²) in [6.45, 7) is 4.80. The third-order valence-electron chi connectivity index (χ3n) is 3.53. The molecule has 3 nitrogen and oxygen atoms in total. The van der Waals surface area contributed by atoms with Crippen LogP contribution in [-0.2, 0) is 6.54 Å². The smallest absolute Gasteiger partial charge is 0.382 e. The number of alkyl halides is 3. The second kappa shape index (κ2) is 5.38. The molecule has 2 heterocycles. The van der Waals surface area contributed by atoms with Crippen LogP contribution in [0.3, 0.4) is 0 Å². The summed E-state index contributed by atoms with van der Waals surface area (Å²) in [4.78, 5) is 7.12. The van der Waals surface area contributed by atoms with Crippen LogP contribution in [-0.4, -0.2) is 39.9 Å². The quantitative estimate of drug-likeness (QED) is 0.931. The predicted octanol–water partition coefficient (Wildman–Crippen LogP) is 2.65. The van der Waals surface area contributed by atoms with Gasteiger partial charge in [-0.3, -0.25) is 4.90 Å². The zero-order chi connectivity index (χ0) is 14.2. The van der Waals surface area contributed by atoms with Crippen molar-refractivity contribution in [1.82, 2.24) is 9.88 Å². The molecule has 0 aliphatic carbocycles. The van der Waals surface area contributed by atoms with E-state index in [9.17, 15) is 18.3 Å². The Labute approximate surface area is 114 Å². The number of rotatable bonds is 3. The molecule has 0 amide bonds. The minimum Gasteiger partial charge on any atom is -0.382 e. The SMILES string of the molecule is Cc1nc(CN2CCC[C@@H]2[C@@H](O)C(F)(F)F)sc1C. The van der Waals surface area contributed by atoms with Crippen LogP contribution in [0.25, 0.3) is 0 Å². The van der Waals surface area contributed by atoms with Crippen LogP contribution >= 0.6 is 11.3 Å². The highest BCUT2D eigenvalue weighted by Crippen LogP contribution is 2.32. The number of nitrogens with zero attached hydrogens (tertiary/aromatic N) is 2. The summed E-state index contributed by atoms with van der Waals surface area (Å²) >= 11 is 1.51. The van der Waals surface area contributed by atoms with E-state index in [-0.39, 0.29) is 0 Å². The molecule has 2 atom stereocenters. The summed E-state index contributed by atoms with van der Waals surface area (Å²) in [7, 11) is 0.